The van der Waals surface area contributed by atoms with Gasteiger partial charge in [-0.1, -0.05) is 190 Å². The van der Waals surface area contributed by atoms with Crippen LogP contribution in [0.15, 0.2) is 212 Å². The van der Waals surface area contributed by atoms with E-state index >= 15 is 0 Å². The van der Waals surface area contributed by atoms with Crippen LogP contribution in [0.5, 0.6) is 0 Å². The molecule has 1 aliphatic rings. The lowest BCUT2D eigenvalue weighted by molar-refractivity contribution is 0.660. The fourth-order valence-electron chi connectivity index (χ4n) is 8.76. The maximum atomic E-state index is 2.44. The van der Waals surface area contributed by atoms with Gasteiger partial charge in [0.25, 0.3) is 0 Å². The third-order valence-corrected chi connectivity index (χ3v) is 11.7. The smallest absolute Gasteiger partial charge is 0.0540 e. The van der Waals surface area contributed by atoms with Gasteiger partial charge in [-0.05, 0) is 108 Å². The first-order valence-electron chi connectivity index (χ1n) is 19.5. The minimum atomic E-state index is -0.193. The predicted octanol–water partition coefficient (Wildman–Crippen LogP) is 15.3. The third-order valence-electron chi connectivity index (χ3n) is 11.7. The van der Waals surface area contributed by atoms with E-state index in [0.717, 1.165) is 17.1 Å². The molecule has 266 valence electrons. The summed E-state index contributed by atoms with van der Waals surface area (Å²) >= 11 is 0. The van der Waals surface area contributed by atoms with E-state index in [4.69, 9.17) is 0 Å². The molecular weight excluding hydrogens is 675 g/mol. The van der Waals surface area contributed by atoms with Crippen LogP contribution in [0, 0.1) is 0 Å². The van der Waals surface area contributed by atoms with Crippen LogP contribution in [-0.4, -0.2) is 0 Å². The molecule has 0 aliphatic heterocycles. The van der Waals surface area contributed by atoms with Crippen molar-refractivity contribution in [2.24, 2.45) is 0 Å². The van der Waals surface area contributed by atoms with Gasteiger partial charge in [-0.15, -0.1) is 0 Å². The van der Waals surface area contributed by atoms with Crippen molar-refractivity contribution in [1.82, 2.24) is 0 Å². The number of nitrogens with zero attached hydrogens (tertiary/aromatic N) is 1. The number of para-hydroxylation sites is 1. The highest BCUT2D eigenvalue weighted by molar-refractivity contribution is 5.98. The zero-order chi connectivity index (χ0) is 37.6. The molecule has 0 saturated heterocycles. The Morgan fingerprint density at radius 1 is 0.321 bits per heavy atom. The minimum absolute atomic E-state index is 0.193. The van der Waals surface area contributed by atoms with Gasteiger partial charge < -0.3 is 4.90 Å². The van der Waals surface area contributed by atoms with Crippen LogP contribution in [0.4, 0.5) is 17.1 Å². The molecule has 1 heteroatoms. The highest BCUT2D eigenvalue weighted by Crippen LogP contribution is 2.52. The van der Waals surface area contributed by atoms with Gasteiger partial charge in [-0.25, -0.2) is 0 Å². The summed E-state index contributed by atoms with van der Waals surface area (Å²) in [5.41, 5.74) is 18.3. The summed E-state index contributed by atoms with van der Waals surface area (Å²) in [6.07, 6.45) is 0. The van der Waals surface area contributed by atoms with Gasteiger partial charge in [-0.3, -0.25) is 0 Å². The van der Waals surface area contributed by atoms with Crippen molar-refractivity contribution in [2.75, 3.05) is 4.90 Å². The van der Waals surface area contributed by atoms with Crippen molar-refractivity contribution < 1.29 is 0 Å². The van der Waals surface area contributed by atoms with E-state index in [1.54, 1.807) is 0 Å². The maximum Gasteiger partial charge on any atom is 0.0540 e. The summed E-state index contributed by atoms with van der Waals surface area (Å²) in [5.74, 6) is 0. The molecule has 0 heterocycles. The van der Waals surface area contributed by atoms with Crippen molar-refractivity contribution in [2.45, 2.75) is 19.3 Å². The van der Waals surface area contributed by atoms with Gasteiger partial charge in [-0.2, -0.15) is 0 Å². The fourth-order valence-corrected chi connectivity index (χ4v) is 8.76. The lowest BCUT2D eigenvalue weighted by atomic mass is 9.81. The number of hydrogen-bond acceptors (Lipinski definition) is 1. The second-order valence-electron chi connectivity index (χ2n) is 15.4. The average Bonchev–Trinajstić information content (AvgIpc) is 3.49. The van der Waals surface area contributed by atoms with Crippen LogP contribution < -0.4 is 4.90 Å². The Bertz CT molecular complexity index is 2840. The molecule has 0 saturated carbocycles. The second-order valence-corrected chi connectivity index (χ2v) is 15.4. The van der Waals surface area contributed by atoms with Crippen LogP contribution in [0.3, 0.4) is 0 Å². The fraction of sp³-hybridized carbons (Fsp3) is 0.0545. The van der Waals surface area contributed by atoms with Crippen LogP contribution in [0.25, 0.3) is 66.4 Å². The average molecular weight is 716 g/mol. The van der Waals surface area contributed by atoms with E-state index in [2.05, 4.69) is 231 Å². The highest BCUT2D eigenvalue weighted by Gasteiger charge is 2.36. The molecule has 1 nitrogen and oxygen atoms in total. The topological polar surface area (TPSA) is 3.24 Å². The van der Waals surface area contributed by atoms with Gasteiger partial charge in [0.15, 0.2) is 0 Å². The number of fused-ring (bicyclic) bond motifs is 4. The van der Waals surface area contributed by atoms with E-state index in [1.165, 1.54) is 77.5 Å². The zero-order valence-corrected chi connectivity index (χ0v) is 31.7. The lowest BCUT2D eigenvalue weighted by Gasteiger charge is -2.30. The first kappa shape index (κ1) is 33.6. The molecule has 0 atom stereocenters. The maximum absolute atomic E-state index is 2.44. The Balaban J connectivity index is 1.06. The van der Waals surface area contributed by atoms with E-state index in [9.17, 15) is 0 Å². The Kier molecular flexibility index (Phi) is 8.23. The van der Waals surface area contributed by atoms with Crippen LogP contribution >= 0.6 is 0 Å². The van der Waals surface area contributed by atoms with E-state index in [-0.39, 0.29) is 5.41 Å². The number of anilines is 3. The van der Waals surface area contributed by atoms with Crippen LogP contribution in [-0.2, 0) is 5.41 Å². The Morgan fingerprint density at radius 2 is 0.804 bits per heavy atom. The van der Waals surface area contributed by atoms with Crippen molar-refractivity contribution in [3.63, 3.8) is 0 Å². The summed E-state index contributed by atoms with van der Waals surface area (Å²) in [6.45, 7) is 4.77. The molecule has 9 aromatic carbocycles. The summed E-state index contributed by atoms with van der Waals surface area (Å²) in [5, 5.41) is 2.55. The first-order valence-corrected chi connectivity index (χ1v) is 19.5. The Morgan fingerprint density at radius 3 is 1.52 bits per heavy atom. The predicted molar refractivity (Wildman–Crippen MR) is 238 cm³/mol. The molecule has 0 unspecified atom stereocenters. The molecule has 56 heavy (non-hydrogen) atoms. The molecule has 1 aliphatic carbocycles. The zero-order valence-electron chi connectivity index (χ0n) is 31.7. The normalized spacial score (nSPS) is 12.6. The van der Waals surface area contributed by atoms with Crippen molar-refractivity contribution in [3.8, 4) is 55.6 Å². The Labute approximate surface area is 329 Å². The monoisotopic (exact) mass is 715 g/mol. The third kappa shape index (κ3) is 5.81. The van der Waals surface area contributed by atoms with Crippen molar-refractivity contribution in [3.05, 3.63) is 223 Å². The van der Waals surface area contributed by atoms with Crippen molar-refractivity contribution in [1.29, 1.82) is 0 Å². The molecule has 0 N–H and O–H groups in total. The number of hydrogen-bond donors (Lipinski definition) is 0. The molecular formula is C55H41N. The number of benzene rings is 9. The van der Waals surface area contributed by atoms with E-state index in [1.807, 2.05) is 0 Å². The van der Waals surface area contributed by atoms with Gasteiger partial charge in [0, 0.05) is 22.4 Å². The molecule has 10 rings (SSSR count). The molecule has 9 aromatic rings. The van der Waals surface area contributed by atoms with Gasteiger partial charge in [0.05, 0.1) is 5.69 Å². The van der Waals surface area contributed by atoms with Gasteiger partial charge in [0.2, 0.25) is 0 Å². The molecule has 0 spiro atoms. The lowest BCUT2D eigenvalue weighted by Crippen LogP contribution is -2.17. The minimum Gasteiger partial charge on any atom is -0.310 e. The molecule has 0 amide bonds. The van der Waals surface area contributed by atoms with E-state index < -0.39 is 0 Å². The standard InChI is InChI=1S/C55H41N/c1-55(2)52-36-44(48-22-13-19-42-18-9-10-20-47(42)48)30-34-50(52)51-35-33-46(37-53(51)55)56(54-23-12-11-21-49(54)43-16-7-4-8-17-43)45-31-28-41(29-32-45)40-26-24-39(25-27-40)38-14-5-3-6-15-38/h3-37H,1-2H3. The quantitative estimate of drug-likeness (QED) is 0.159. The summed E-state index contributed by atoms with van der Waals surface area (Å²) in [4.78, 5) is 2.44. The number of rotatable bonds is 7. The summed E-state index contributed by atoms with van der Waals surface area (Å²) in [6, 6.07) is 77.5. The molecule has 0 bridgehead atoms. The molecule has 0 fully saturated rings. The first-order chi connectivity index (χ1) is 27.5. The largest absolute Gasteiger partial charge is 0.310 e. The summed E-state index contributed by atoms with van der Waals surface area (Å²) in [7, 11) is 0. The second kappa shape index (κ2) is 13.7. The molecule has 0 aromatic heterocycles. The molecule has 0 radical (unpaired) electrons. The SMILES string of the molecule is CC1(C)c2cc(-c3cccc4ccccc34)ccc2-c2ccc(N(c3ccc(-c4ccc(-c5ccccc5)cc4)cc3)c3ccccc3-c3ccccc3)cc21. The summed E-state index contributed by atoms with van der Waals surface area (Å²) < 4.78 is 0. The van der Waals surface area contributed by atoms with Crippen LogP contribution in [0.2, 0.25) is 0 Å². The Hall–Kier alpha value is -6.96. The van der Waals surface area contributed by atoms with E-state index in [0.29, 0.717) is 0 Å². The van der Waals surface area contributed by atoms with Gasteiger partial charge in [0.1, 0.15) is 0 Å². The van der Waals surface area contributed by atoms with Crippen molar-refractivity contribution >= 4 is 27.8 Å². The highest BCUT2D eigenvalue weighted by atomic mass is 15.1. The van der Waals surface area contributed by atoms with Crippen LogP contribution in [0.1, 0.15) is 25.0 Å². The van der Waals surface area contributed by atoms with Gasteiger partial charge >= 0.3 is 0 Å².